The van der Waals surface area contributed by atoms with Crippen LogP contribution >= 0.6 is 0 Å². The first kappa shape index (κ1) is 16.6. The zero-order valence-electron chi connectivity index (χ0n) is 14.5. The number of hydrogen-bond acceptors (Lipinski definition) is 4. The molecule has 0 saturated heterocycles. The van der Waals surface area contributed by atoms with Crippen LogP contribution in [-0.2, 0) is 22.5 Å². The van der Waals surface area contributed by atoms with Gasteiger partial charge in [-0.2, -0.15) is 0 Å². The lowest BCUT2D eigenvalue weighted by Gasteiger charge is -2.29. The zero-order chi connectivity index (χ0) is 17.1. The van der Waals surface area contributed by atoms with Crippen LogP contribution in [0.4, 0.5) is 0 Å². The number of carbonyl (C=O) groups is 1. The normalized spacial score (nSPS) is 16.9. The molecule has 0 bridgehead atoms. The fourth-order valence-corrected chi connectivity index (χ4v) is 2.89. The molecule has 0 spiro atoms. The summed E-state index contributed by atoms with van der Waals surface area (Å²) in [5, 5.41) is 8.12. The molecule has 0 aliphatic carbocycles. The number of ether oxygens (including phenoxy) is 1. The van der Waals surface area contributed by atoms with Crippen molar-refractivity contribution in [3.63, 3.8) is 0 Å². The first-order valence-electron chi connectivity index (χ1n) is 8.38. The Kier molecular flexibility index (Phi) is 4.94. The Morgan fingerprint density at radius 1 is 1.42 bits per heavy atom. The number of aromatic nitrogens is 3. The van der Waals surface area contributed by atoms with Gasteiger partial charge in [-0.05, 0) is 23.5 Å². The number of carbonyl (C=O) groups excluding carboxylic acids is 1. The van der Waals surface area contributed by atoms with Crippen molar-refractivity contribution in [1.29, 1.82) is 0 Å². The Bertz CT molecular complexity index is 711. The van der Waals surface area contributed by atoms with Gasteiger partial charge in [-0.25, -0.2) is 4.68 Å². The van der Waals surface area contributed by atoms with Crippen molar-refractivity contribution < 1.29 is 9.53 Å². The average Bonchev–Trinajstić information content (AvgIpc) is 3.04. The number of nitrogens with zero attached hydrogens (tertiary/aromatic N) is 4. The molecule has 128 valence electrons. The van der Waals surface area contributed by atoms with E-state index in [4.69, 9.17) is 4.74 Å². The molecule has 1 atom stereocenters. The van der Waals surface area contributed by atoms with Crippen molar-refractivity contribution in [2.75, 3.05) is 20.2 Å². The Morgan fingerprint density at radius 2 is 2.21 bits per heavy atom. The summed E-state index contributed by atoms with van der Waals surface area (Å²) < 4.78 is 7.48. The Hall–Kier alpha value is -2.21. The summed E-state index contributed by atoms with van der Waals surface area (Å²) in [6.45, 7) is 5.55. The molecule has 2 heterocycles. The number of hydrogen-bond donors (Lipinski definition) is 0. The molecule has 1 amide bonds. The Morgan fingerprint density at radius 3 is 2.96 bits per heavy atom. The van der Waals surface area contributed by atoms with Crippen LogP contribution in [0, 0.1) is 0 Å². The van der Waals surface area contributed by atoms with E-state index < -0.39 is 0 Å². The van der Waals surface area contributed by atoms with Gasteiger partial charge in [0.25, 0.3) is 0 Å². The lowest BCUT2D eigenvalue weighted by Crippen LogP contribution is -2.36. The van der Waals surface area contributed by atoms with Gasteiger partial charge in [-0.1, -0.05) is 43.3 Å². The number of rotatable bonds is 5. The molecule has 0 saturated carbocycles. The predicted molar refractivity (Wildman–Crippen MR) is 90.6 cm³/mol. The quantitative estimate of drug-likeness (QED) is 0.844. The van der Waals surface area contributed by atoms with E-state index in [-0.39, 0.29) is 18.6 Å². The van der Waals surface area contributed by atoms with Crippen molar-refractivity contribution in [3.05, 3.63) is 47.3 Å². The van der Waals surface area contributed by atoms with Crippen LogP contribution in [-0.4, -0.2) is 46.0 Å². The number of amides is 1. The third-order valence-corrected chi connectivity index (χ3v) is 4.40. The second-order valence-electron chi connectivity index (χ2n) is 6.58. The molecular weight excluding hydrogens is 304 g/mol. The van der Waals surface area contributed by atoms with Crippen LogP contribution in [0.3, 0.4) is 0 Å². The molecule has 2 aromatic rings. The van der Waals surface area contributed by atoms with Gasteiger partial charge in [0.05, 0.1) is 18.8 Å². The predicted octanol–water partition coefficient (Wildman–Crippen LogP) is 2.17. The maximum Gasteiger partial charge on any atom is 0.244 e. The highest BCUT2D eigenvalue weighted by Gasteiger charge is 2.23. The van der Waals surface area contributed by atoms with Gasteiger partial charge in [0, 0.05) is 13.2 Å². The smallest absolute Gasteiger partial charge is 0.244 e. The molecule has 0 radical (unpaired) electrons. The largest absolute Gasteiger partial charge is 0.371 e. The van der Waals surface area contributed by atoms with E-state index in [1.165, 1.54) is 11.1 Å². The maximum atomic E-state index is 12.5. The van der Waals surface area contributed by atoms with Crippen LogP contribution in [0.15, 0.2) is 30.5 Å². The summed E-state index contributed by atoms with van der Waals surface area (Å²) in [5.74, 6) is 0.306. The van der Waals surface area contributed by atoms with Gasteiger partial charge >= 0.3 is 0 Å². The Balaban J connectivity index is 1.62. The van der Waals surface area contributed by atoms with Crippen molar-refractivity contribution in [2.45, 2.75) is 38.8 Å². The van der Waals surface area contributed by atoms with Crippen LogP contribution in [0.2, 0.25) is 0 Å². The highest BCUT2D eigenvalue weighted by atomic mass is 16.5. The van der Waals surface area contributed by atoms with E-state index >= 15 is 0 Å². The van der Waals surface area contributed by atoms with E-state index in [0.717, 1.165) is 12.1 Å². The third-order valence-electron chi connectivity index (χ3n) is 4.40. The van der Waals surface area contributed by atoms with E-state index in [0.29, 0.717) is 19.1 Å². The van der Waals surface area contributed by atoms with E-state index in [2.05, 4.69) is 36.3 Å². The topological polar surface area (TPSA) is 60.2 Å². The SMILES string of the molecule is CC(C)c1cn(CC(=O)N(C)C[C@H]2OCCc3ccccc32)nn1. The van der Waals surface area contributed by atoms with Gasteiger partial charge in [-0.15, -0.1) is 5.10 Å². The second kappa shape index (κ2) is 7.13. The molecule has 0 unspecified atom stereocenters. The molecule has 0 N–H and O–H groups in total. The van der Waals surface area contributed by atoms with Gasteiger partial charge in [-0.3, -0.25) is 4.79 Å². The molecular formula is C18H24N4O2. The first-order chi connectivity index (χ1) is 11.5. The summed E-state index contributed by atoms with van der Waals surface area (Å²) in [5.41, 5.74) is 3.40. The lowest BCUT2D eigenvalue weighted by molar-refractivity contribution is -0.132. The standard InChI is InChI=1S/C18H24N4O2/c1-13(2)16-10-22(20-19-16)12-18(23)21(3)11-17-15-7-5-4-6-14(15)8-9-24-17/h4-7,10,13,17H,8-9,11-12H2,1-3H3/t17-/m1/s1. The molecule has 6 heteroatoms. The molecule has 1 aromatic heterocycles. The molecule has 1 aliphatic heterocycles. The molecule has 3 rings (SSSR count). The molecule has 1 aromatic carbocycles. The van der Waals surface area contributed by atoms with Crippen LogP contribution in [0.25, 0.3) is 0 Å². The van der Waals surface area contributed by atoms with Crippen molar-refractivity contribution >= 4 is 5.91 Å². The van der Waals surface area contributed by atoms with Gasteiger partial charge < -0.3 is 9.64 Å². The molecule has 0 fully saturated rings. The fraction of sp³-hybridized carbons (Fsp3) is 0.500. The summed E-state index contributed by atoms with van der Waals surface area (Å²) in [7, 11) is 1.81. The average molecular weight is 328 g/mol. The molecule has 1 aliphatic rings. The Labute approximate surface area is 142 Å². The fourth-order valence-electron chi connectivity index (χ4n) is 2.89. The second-order valence-corrected chi connectivity index (χ2v) is 6.58. The van der Waals surface area contributed by atoms with E-state index in [9.17, 15) is 4.79 Å². The van der Waals surface area contributed by atoms with Crippen molar-refractivity contribution in [2.24, 2.45) is 0 Å². The number of likely N-dealkylation sites (N-methyl/N-ethyl adjacent to an activating group) is 1. The zero-order valence-corrected chi connectivity index (χ0v) is 14.5. The monoisotopic (exact) mass is 328 g/mol. The van der Waals surface area contributed by atoms with Crippen LogP contribution in [0.1, 0.15) is 42.7 Å². The highest BCUT2D eigenvalue weighted by Crippen LogP contribution is 2.27. The molecule has 24 heavy (non-hydrogen) atoms. The minimum absolute atomic E-state index is 0.00172. The van der Waals surface area contributed by atoms with Gasteiger partial charge in [0.2, 0.25) is 5.91 Å². The van der Waals surface area contributed by atoms with Gasteiger partial charge in [0.1, 0.15) is 12.6 Å². The van der Waals surface area contributed by atoms with Crippen molar-refractivity contribution in [3.8, 4) is 0 Å². The van der Waals surface area contributed by atoms with Crippen LogP contribution < -0.4 is 0 Å². The van der Waals surface area contributed by atoms with E-state index in [1.807, 2.05) is 25.4 Å². The van der Waals surface area contributed by atoms with Crippen LogP contribution in [0.5, 0.6) is 0 Å². The number of benzene rings is 1. The minimum Gasteiger partial charge on any atom is -0.371 e. The van der Waals surface area contributed by atoms with Crippen molar-refractivity contribution in [1.82, 2.24) is 19.9 Å². The summed E-state index contributed by atoms with van der Waals surface area (Å²) in [6, 6.07) is 8.29. The summed E-state index contributed by atoms with van der Waals surface area (Å²) in [6.07, 6.45) is 2.70. The summed E-state index contributed by atoms with van der Waals surface area (Å²) in [4.78, 5) is 14.2. The third kappa shape index (κ3) is 3.64. The molecule has 6 nitrogen and oxygen atoms in total. The van der Waals surface area contributed by atoms with Gasteiger partial charge in [0.15, 0.2) is 0 Å². The highest BCUT2D eigenvalue weighted by molar-refractivity contribution is 5.75. The number of fused-ring (bicyclic) bond motifs is 1. The lowest BCUT2D eigenvalue weighted by atomic mass is 9.97. The first-order valence-corrected chi connectivity index (χ1v) is 8.38. The summed E-state index contributed by atoms with van der Waals surface area (Å²) >= 11 is 0. The van der Waals surface area contributed by atoms with E-state index in [1.54, 1.807) is 9.58 Å². The minimum atomic E-state index is -0.0640. The maximum absolute atomic E-state index is 12.5.